The molecule has 1 aromatic heterocycles. The predicted octanol–water partition coefficient (Wildman–Crippen LogP) is 4.45. The van der Waals surface area contributed by atoms with E-state index in [1.54, 1.807) is 72.5 Å². The molecule has 2 N–H and O–H groups in total. The second-order valence-corrected chi connectivity index (χ2v) is 13.8. The fourth-order valence-corrected chi connectivity index (χ4v) is 6.50. The Morgan fingerprint density at radius 1 is 1.11 bits per heavy atom. The van der Waals surface area contributed by atoms with E-state index in [1.807, 2.05) is 13.8 Å². The molecule has 0 bridgehead atoms. The normalized spacial score (nSPS) is 20.7. The van der Waals surface area contributed by atoms with Crippen LogP contribution in [0.1, 0.15) is 60.7 Å². The van der Waals surface area contributed by atoms with Crippen LogP contribution in [0.25, 0.3) is 0 Å². The fourth-order valence-electron chi connectivity index (χ4n) is 5.29. The van der Waals surface area contributed by atoms with Crippen molar-refractivity contribution < 1.29 is 32.6 Å². The Morgan fingerprint density at radius 3 is 2.52 bits per heavy atom. The summed E-state index contributed by atoms with van der Waals surface area (Å²) in [6.07, 6.45) is 4.55. The van der Waals surface area contributed by atoms with Crippen molar-refractivity contribution in [1.82, 2.24) is 14.2 Å². The highest BCUT2D eigenvalue weighted by molar-refractivity contribution is 7.89. The topological polar surface area (TPSA) is 138 Å². The Bertz CT molecular complexity index is 1560. The van der Waals surface area contributed by atoms with E-state index in [-0.39, 0.29) is 48.1 Å². The van der Waals surface area contributed by atoms with Gasteiger partial charge < -0.3 is 24.8 Å². The highest BCUT2D eigenvalue weighted by Gasteiger charge is 2.32. The van der Waals surface area contributed by atoms with Gasteiger partial charge in [0.25, 0.3) is 11.8 Å². The van der Waals surface area contributed by atoms with E-state index in [4.69, 9.17) is 9.47 Å². The fraction of sp³-hybridized carbons (Fsp3) is 0.441. The van der Waals surface area contributed by atoms with Crippen molar-refractivity contribution >= 4 is 27.5 Å². The van der Waals surface area contributed by atoms with Crippen LogP contribution in [0.15, 0.2) is 78.0 Å². The summed E-state index contributed by atoms with van der Waals surface area (Å²) in [6, 6.07) is 15.8. The van der Waals surface area contributed by atoms with Crippen molar-refractivity contribution in [2.45, 2.75) is 63.2 Å². The van der Waals surface area contributed by atoms with Crippen molar-refractivity contribution in [1.29, 1.82) is 0 Å². The molecule has 0 saturated carbocycles. The van der Waals surface area contributed by atoms with Gasteiger partial charge in [-0.25, -0.2) is 8.42 Å². The summed E-state index contributed by atoms with van der Waals surface area (Å²) in [4.78, 5) is 32.9. The van der Waals surface area contributed by atoms with Crippen LogP contribution in [-0.2, 0) is 14.8 Å². The number of hydrogen-bond donors (Lipinski definition) is 2. The van der Waals surface area contributed by atoms with Gasteiger partial charge in [0.05, 0.1) is 35.3 Å². The number of ether oxygens (including phenoxy) is 2. The monoisotopic (exact) mass is 652 g/mol. The van der Waals surface area contributed by atoms with Gasteiger partial charge in [0.1, 0.15) is 5.75 Å². The van der Waals surface area contributed by atoms with Gasteiger partial charge in [-0.3, -0.25) is 14.6 Å². The first-order valence-electron chi connectivity index (χ1n) is 15.6. The first kappa shape index (κ1) is 35.0. The van der Waals surface area contributed by atoms with Crippen molar-refractivity contribution in [2.75, 3.05) is 38.7 Å². The van der Waals surface area contributed by atoms with E-state index >= 15 is 0 Å². The number of aliphatic hydroxyl groups excluding tert-OH is 1. The lowest BCUT2D eigenvalue weighted by Gasteiger charge is -2.35. The van der Waals surface area contributed by atoms with E-state index in [2.05, 4.69) is 10.3 Å². The molecule has 2 heterocycles. The lowest BCUT2D eigenvalue weighted by molar-refractivity contribution is -0.00834. The molecule has 4 atom stereocenters. The Balaban J connectivity index is 1.65. The van der Waals surface area contributed by atoms with Gasteiger partial charge in [0.15, 0.2) is 0 Å². The summed E-state index contributed by atoms with van der Waals surface area (Å²) in [5, 5.41) is 13.0. The van der Waals surface area contributed by atoms with Crippen molar-refractivity contribution in [3.8, 4) is 5.75 Å². The third-order valence-corrected chi connectivity index (χ3v) is 9.98. The molecule has 248 valence electrons. The number of anilines is 1. The van der Waals surface area contributed by atoms with Crippen LogP contribution in [0.5, 0.6) is 5.75 Å². The standard InChI is InChI=1S/C34H44N4O7S/c1-24-21-38(25(2)23-39)34(41)30-20-28(36-33(40)27-15-17-35-18-16-27)13-14-31(30)45-26(3)10-8-9-19-44-32(24)22-37(4)46(42,43)29-11-6-5-7-12-29/h5-7,11-18,20,24-26,32,39H,8-10,19,21-23H2,1-4H3,(H,36,40)/t24-,25+,26+,32+/m1/s1. The van der Waals surface area contributed by atoms with E-state index < -0.39 is 28.1 Å². The van der Waals surface area contributed by atoms with E-state index in [9.17, 15) is 23.1 Å². The second-order valence-electron chi connectivity index (χ2n) is 11.8. The minimum atomic E-state index is -3.77. The second kappa shape index (κ2) is 16.1. The number of nitrogens with zero attached hydrogens (tertiary/aromatic N) is 3. The maximum Gasteiger partial charge on any atom is 0.258 e. The van der Waals surface area contributed by atoms with Gasteiger partial charge in [-0.15, -0.1) is 0 Å². The van der Waals surface area contributed by atoms with Gasteiger partial charge in [-0.2, -0.15) is 4.31 Å². The van der Waals surface area contributed by atoms with Crippen molar-refractivity contribution in [3.63, 3.8) is 0 Å². The lowest BCUT2D eigenvalue weighted by Crippen LogP contribution is -2.48. The third-order valence-electron chi connectivity index (χ3n) is 8.14. The number of carbonyl (C=O) groups is 2. The van der Waals surface area contributed by atoms with E-state index in [0.717, 1.165) is 12.8 Å². The average molecular weight is 653 g/mol. The Kier molecular flexibility index (Phi) is 12.3. The zero-order valence-electron chi connectivity index (χ0n) is 26.8. The Hall–Kier alpha value is -3.84. The molecule has 2 aromatic carbocycles. The average Bonchev–Trinajstić information content (AvgIpc) is 3.06. The molecule has 0 unspecified atom stereocenters. The maximum atomic E-state index is 14.3. The summed E-state index contributed by atoms with van der Waals surface area (Å²) < 4.78 is 40.5. The molecule has 0 radical (unpaired) electrons. The SMILES string of the molecule is C[C@@H]1CN([C@@H](C)CO)C(=O)c2cc(NC(=O)c3ccncc3)ccc2O[C@@H](C)CCCCO[C@H]1CN(C)S(=O)(=O)c1ccccc1. The van der Waals surface area contributed by atoms with Crippen LogP contribution >= 0.6 is 0 Å². The van der Waals surface area contributed by atoms with Crippen LogP contribution in [0.4, 0.5) is 5.69 Å². The number of nitrogens with one attached hydrogen (secondary N) is 1. The van der Waals surface area contributed by atoms with Crippen molar-refractivity contribution in [3.05, 3.63) is 84.2 Å². The molecule has 0 saturated heterocycles. The number of amides is 2. The first-order chi connectivity index (χ1) is 22.0. The third kappa shape index (κ3) is 8.91. The largest absolute Gasteiger partial charge is 0.490 e. The van der Waals surface area contributed by atoms with E-state index in [1.165, 1.54) is 23.7 Å². The molecule has 0 spiro atoms. The summed E-state index contributed by atoms with van der Waals surface area (Å²) in [7, 11) is -2.24. The van der Waals surface area contributed by atoms with Gasteiger partial charge in [0, 0.05) is 56.3 Å². The summed E-state index contributed by atoms with van der Waals surface area (Å²) >= 11 is 0. The molecule has 0 fully saturated rings. The van der Waals surface area contributed by atoms with Crippen LogP contribution in [0.3, 0.4) is 0 Å². The van der Waals surface area contributed by atoms with Gasteiger partial charge in [-0.1, -0.05) is 25.1 Å². The molecule has 0 aliphatic carbocycles. The highest BCUT2D eigenvalue weighted by Crippen LogP contribution is 2.29. The summed E-state index contributed by atoms with van der Waals surface area (Å²) in [5.74, 6) is -0.682. The number of hydrogen-bond acceptors (Lipinski definition) is 8. The number of carbonyl (C=O) groups excluding carboxylic acids is 2. The van der Waals surface area contributed by atoms with Crippen LogP contribution in [0, 0.1) is 5.92 Å². The molecule has 4 rings (SSSR count). The lowest BCUT2D eigenvalue weighted by atomic mass is 10.0. The number of aromatic nitrogens is 1. The Morgan fingerprint density at radius 2 is 1.83 bits per heavy atom. The van der Waals surface area contributed by atoms with Gasteiger partial charge >= 0.3 is 0 Å². The quantitative estimate of drug-likeness (QED) is 0.364. The molecule has 11 nitrogen and oxygen atoms in total. The maximum absolute atomic E-state index is 14.3. The predicted molar refractivity (Wildman–Crippen MR) is 175 cm³/mol. The van der Waals surface area contributed by atoms with Crippen molar-refractivity contribution in [2.24, 2.45) is 5.92 Å². The number of fused-ring (bicyclic) bond motifs is 1. The first-order valence-corrected chi connectivity index (χ1v) is 17.0. The van der Waals surface area contributed by atoms with Gasteiger partial charge in [-0.05, 0) is 75.6 Å². The molecule has 1 aliphatic rings. The molecule has 2 amide bonds. The molecular weight excluding hydrogens is 608 g/mol. The zero-order chi connectivity index (χ0) is 33.3. The van der Waals surface area contributed by atoms with Crippen LogP contribution < -0.4 is 10.1 Å². The van der Waals surface area contributed by atoms with Crippen LogP contribution in [-0.4, -0.2) is 91.1 Å². The number of aliphatic hydroxyl groups is 1. The minimum Gasteiger partial charge on any atom is -0.490 e. The molecule has 12 heteroatoms. The van der Waals surface area contributed by atoms with Gasteiger partial charge in [0.2, 0.25) is 10.0 Å². The number of benzene rings is 2. The minimum absolute atomic E-state index is 0.0786. The number of rotatable bonds is 8. The zero-order valence-corrected chi connectivity index (χ0v) is 27.7. The highest BCUT2D eigenvalue weighted by atomic mass is 32.2. The molecule has 46 heavy (non-hydrogen) atoms. The smallest absolute Gasteiger partial charge is 0.258 e. The van der Waals surface area contributed by atoms with E-state index in [0.29, 0.717) is 30.0 Å². The summed E-state index contributed by atoms with van der Waals surface area (Å²) in [5.41, 5.74) is 1.07. The molecule has 3 aromatic rings. The number of sulfonamides is 1. The summed E-state index contributed by atoms with van der Waals surface area (Å²) in [6.45, 7) is 5.96. The van der Waals surface area contributed by atoms with Crippen LogP contribution in [0.2, 0.25) is 0 Å². The molecular formula is C34H44N4O7S. The number of pyridine rings is 1. The number of likely N-dealkylation sites (N-methyl/N-ethyl adjacent to an activating group) is 1. The molecule has 1 aliphatic heterocycles. The Labute approximate surface area is 271 Å².